The molecule has 1 aliphatic carbocycles. The minimum absolute atomic E-state index is 0.416. The zero-order valence-corrected chi connectivity index (χ0v) is 12.2. The lowest BCUT2D eigenvalue weighted by Crippen LogP contribution is -2.28. The van der Waals surface area contributed by atoms with Crippen LogP contribution in [0.1, 0.15) is 51.1 Å². The Morgan fingerprint density at radius 3 is 2.67 bits per heavy atom. The van der Waals surface area contributed by atoms with E-state index in [-0.39, 0.29) is 0 Å². The van der Waals surface area contributed by atoms with Crippen molar-refractivity contribution in [2.45, 2.75) is 45.6 Å². The molecule has 1 saturated carbocycles. The molecule has 0 amide bonds. The molecule has 3 atom stereocenters. The van der Waals surface area contributed by atoms with Gasteiger partial charge in [-0.15, -0.1) is 0 Å². The van der Waals surface area contributed by atoms with E-state index in [9.17, 15) is 0 Å². The fourth-order valence-electron chi connectivity index (χ4n) is 2.96. The molecular weight excluding hydrogens is 242 g/mol. The van der Waals surface area contributed by atoms with Gasteiger partial charge < -0.3 is 5.32 Å². The first-order chi connectivity index (χ1) is 8.65. The van der Waals surface area contributed by atoms with Crippen molar-refractivity contribution in [3.05, 3.63) is 34.9 Å². The lowest BCUT2D eigenvalue weighted by molar-refractivity contribution is 0.268. The van der Waals surface area contributed by atoms with Gasteiger partial charge >= 0.3 is 0 Å². The van der Waals surface area contributed by atoms with Crippen LogP contribution < -0.4 is 5.32 Å². The van der Waals surface area contributed by atoms with Crippen LogP contribution in [0.2, 0.25) is 5.02 Å². The number of halogens is 1. The van der Waals surface area contributed by atoms with Crippen LogP contribution in [0.3, 0.4) is 0 Å². The van der Waals surface area contributed by atoms with Gasteiger partial charge in [-0.2, -0.15) is 0 Å². The van der Waals surface area contributed by atoms with Crippen molar-refractivity contribution in [1.82, 2.24) is 5.32 Å². The minimum atomic E-state index is 0.416. The second-order valence-electron chi connectivity index (χ2n) is 5.82. The van der Waals surface area contributed by atoms with Gasteiger partial charge in [0.05, 0.1) is 0 Å². The van der Waals surface area contributed by atoms with Gasteiger partial charge in [0.15, 0.2) is 0 Å². The lowest BCUT2D eigenvalue weighted by atomic mass is 9.82. The van der Waals surface area contributed by atoms with Crippen molar-refractivity contribution in [3.8, 4) is 0 Å². The third kappa shape index (κ3) is 4.00. The van der Waals surface area contributed by atoms with Gasteiger partial charge in [0, 0.05) is 11.1 Å². The number of hydrogen-bond acceptors (Lipinski definition) is 1. The molecule has 1 aromatic carbocycles. The largest absolute Gasteiger partial charge is 0.310 e. The lowest BCUT2D eigenvalue weighted by Gasteiger charge is -2.28. The quantitative estimate of drug-likeness (QED) is 0.823. The normalized spacial score (nSPS) is 25.9. The van der Waals surface area contributed by atoms with E-state index >= 15 is 0 Å². The van der Waals surface area contributed by atoms with E-state index in [1.807, 2.05) is 12.1 Å². The minimum Gasteiger partial charge on any atom is -0.310 e. The smallest absolute Gasteiger partial charge is 0.0406 e. The van der Waals surface area contributed by atoms with Crippen molar-refractivity contribution in [3.63, 3.8) is 0 Å². The van der Waals surface area contributed by atoms with Crippen LogP contribution >= 0.6 is 11.6 Å². The fraction of sp³-hybridized carbons (Fsp3) is 0.625. The maximum atomic E-state index is 5.91. The fourth-order valence-corrected chi connectivity index (χ4v) is 3.08. The molecule has 0 bridgehead atoms. The summed E-state index contributed by atoms with van der Waals surface area (Å²) in [5.74, 6) is 1.78. The van der Waals surface area contributed by atoms with E-state index < -0.39 is 0 Å². The monoisotopic (exact) mass is 265 g/mol. The Hall–Kier alpha value is -0.530. The number of hydrogen-bond donors (Lipinski definition) is 1. The maximum Gasteiger partial charge on any atom is 0.0406 e. The van der Waals surface area contributed by atoms with Crippen LogP contribution in [-0.4, -0.2) is 6.54 Å². The Morgan fingerprint density at radius 1 is 1.28 bits per heavy atom. The summed E-state index contributed by atoms with van der Waals surface area (Å²) in [6.07, 6.45) is 5.61. The molecular formula is C16H24ClN. The average Bonchev–Trinajstić information content (AvgIpc) is 2.37. The second-order valence-corrected chi connectivity index (χ2v) is 6.26. The molecule has 0 radical (unpaired) electrons. The molecule has 100 valence electrons. The summed E-state index contributed by atoms with van der Waals surface area (Å²) in [6.45, 7) is 5.76. The van der Waals surface area contributed by atoms with Crippen molar-refractivity contribution >= 4 is 11.6 Å². The van der Waals surface area contributed by atoms with Crippen LogP contribution in [0.15, 0.2) is 24.3 Å². The topological polar surface area (TPSA) is 12.0 Å². The molecule has 2 rings (SSSR count). The second kappa shape index (κ2) is 6.58. The first-order valence-electron chi connectivity index (χ1n) is 7.14. The van der Waals surface area contributed by atoms with Crippen LogP contribution in [0.25, 0.3) is 0 Å². The summed E-state index contributed by atoms with van der Waals surface area (Å²) < 4.78 is 0. The highest BCUT2D eigenvalue weighted by molar-refractivity contribution is 6.30. The van der Waals surface area contributed by atoms with Crippen molar-refractivity contribution < 1.29 is 0 Å². The first-order valence-corrected chi connectivity index (χ1v) is 7.52. The molecule has 2 heteroatoms. The van der Waals surface area contributed by atoms with Crippen LogP contribution in [0.4, 0.5) is 0 Å². The number of nitrogens with one attached hydrogen (secondary N) is 1. The van der Waals surface area contributed by atoms with Gasteiger partial charge in [-0.25, -0.2) is 0 Å². The molecule has 1 N–H and O–H groups in total. The molecule has 0 aliphatic heterocycles. The summed E-state index contributed by atoms with van der Waals surface area (Å²) in [7, 11) is 0. The molecule has 0 spiro atoms. The highest BCUT2D eigenvalue weighted by Gasteiger charge is 2.19. The van der Waals surface area contributed by atoms with Gasteiger partial charge in [-0.1, -0.05) is 43.5 Å². The highest BCUT2D eigenvalue weighted by Crippen LogP contribution is 2.28. The standard InChI is InChI=1S/C16H24ClN/c1-12-4-3-5-14(10-12)11-18-13(2)15-6-8-16(17)9-7-15/h6-9,12-14,18H,3-5,10-11H2,1-2H3/t12?,13-,14?/m1/s1. The van der Waals surface area contributed by atoms with Gasteiger partial charge in [-0.3, -0.25) is 0 Å². The van der Waals surface area contributed by atoms with Crippen molar-refractivity contribution in [2.75, 3.05) is 6.54 Å². The Bertz CT molecular complexity index is 360. The van der Waals surface area contributed by atoms with Crippen LogP contribution in [-0.2, 0) is 0 Å². The van der Waals surface area contributed by atoms with Gasteiger partial charge in [-0.05, 0) is 55.8 Å². The van der Waals surface area contributed by atoms with Crippen molar-refractivity contribution in [2.24, 2.45) is 11.8 Å². The van der Waals surface area contributed by atoms with E-state index in [0.717, 1.165) is 23.4 Å². The van der Waals surface area contributed by atoms with E-state index in [4.69, 9.17) is 11.6 Å². The molecule has 2 unspecified atom stereocenters. The molecule has 1 fully saturated rings. The van der Waals surface area contributed by atoms with Crippen molar-refractivity contribution in [1.29, 1.82) is 0 Å². The van der Waals surface area contributed by atoms with Gasteiger partial charge in [0.1, 0.15) is 0 Å². The summed E-state index contributed by atoms with van der Waals surface area (Å²) in [5.41, 5.74) is 1.32. The first kappa shape index (κ1) is 13.9. The number of rotatable bonds is 4. The van der Waals surface area contributed by atoms with E-state index in [1.165, 1.54) is 31.2 Å². The Balaban J connectivity index is 1.80. The SMILES string of the molecule is CC1CCCC(CN[C@H](C)c2ccc(Cl)cc2)C1. The average molecular weight is 266 g/mol. The molecule has 18 heavy (non-hydrogen) atoms. The predicted molar refractivity (Wildman–Crippen MR) is 79.0 cm³/mol. The Labute approximate surface area is 116 Å². The molecule has 0 aromatic heterocycles. The zero-order chi connectivity index (χ0) is 13.0. The van der Waals surface area contributed by atoms with E-state index in [1.54, 1.807) is 0 Å². The maximum absolute atomic E-state index is 5.91. The predicted octanol–water partition coefficient (Wildman–Crippen LogP) is 4.82. The molecule has 1 aliphatic rings. The molecule has 1 aromatic rings. The Kier molecular flexibility index (Phi) is 5.08. The molecule has 1 nitrogen and oxygen atoms in total. The third-order valence-corrected chi connectivity index (χ3v) is 4.38. The third-order valence-electron chi connectivity index (χ3n) is 4.13. The van der Waals surface area contributed by atoms with Crippen LogP contribution in [0, 0.1) is 11.8 Å². The molecule has 0 saturated heterocycles. The van der Waals surface area contributed by atoms with Gasteiger partial charge in [0.2, 0.25) is 0 Å². The summed E-state index contributed by atoms with van der Waals surface area (Å²) in [5, 5.41) is 4.48. The summed E-state index contributed by atoms with van der Waals surface area (Å²) >= 11 is 5.91. The number of benzene rings is 1. The summed E-state index contributed by atoms with van der Waals surface area (Å²) in [4.78, 5) is 0. The van der Waals surface area contributed by atoms with E-state index in [0.29, 0.717) is 6.04 Å². The zero-order valence-electron chi connectivity index (χ0n) is 11.5. The molecule has 0 heterocycles. The van der Waals surface area contributed by atoms with E-state index in [2.05, 4.69) is 31.3 Å². The summed E-state index contributed by atoms with van der Waals surface area (Å²) in [6, 6.07) is 8.59. The van der Waals surface area contributed by atoms with Crippen LogP contribution in [0.5, 0.6) is 0 Å². The van der Waals surface area contributed by atoms with Gasteiger partial charge in [0.25, 0.3) is 0 Å². The highest BCUT2D eigenvalue weighted by atomic mass is 35.5. The Morgan fingerprint density at radius 2 is 2.00 bits per heavy atom.